The predicted molar refractivity (Wildman–Crippen MR) is 76.2 cm³/mol. The first kappa shape index (κ1) is 17.5. The first-order valence-electron chi connectivity index (χ1n) is 7.78. The summed E-state index contributed by atoms with van der Waals surface area (Å²) in [6, 6.07) is -0.777. The van der Waals surface area contributed by atoms with Crippen molar-refractivity contribution in [3.63, 3.8) is 0 Å². The molecule has 2 fully saturated rings. The van der Waals surface area contributed by atoms with Crippen molar-refractivity contribution in [3.05, 3.63) is 0 Å². The maximum atomic E-state index is 13.4. The summed E-state index contributed by atoms with van der Waals surface area (Å²) in [6.07, 6.45) is 0.401. The number of carbonyl (C=O) groups is 1. The Morgan fingerprint density at radius 3 is 2.82 bits per heavy atom. The molecule has 1 amide bonds. The van der Waals surface area contributed by atoms with E-state index in [1.807, 2.05) is 0 Å². The minimum Gasteiger partial charge on any atom is -0.394 e. The van der Waals surface area contributed by atoms with Gasteiger partial charge in [0.05, 0.1) is 19.2 Å². The monoisotopic (exact) mass is 321 g/mol. The highest BCUT2D eigenvalue weighted by Crippen LogP contribution is 2.29. The average molecular weight is 321 g/mol. The highest BCUT2D eigenvalue weighted by molar-refractivity contribution is 5.77. The zero-order chi connectivity index (χ0) is 16.3. The van der Waals surface area contributed by atoms with Crippen LogP contribution in [0, 0.1) is 0 Å². The van der Waals surface area contributed by atoms with E-state index in [4.69, 9.17) is 5.73 Å². The molecule has 6 nitrogen and oxygen atoms in total. The normalized spacial score (nSPS) is 30.5. The minimum absolute atomic E-state index is 0.00633. The van der Waals surface area contributed by atoms with Crippen molar-refractivity contribution in [2.75, 3.05) is 26.2 Å². The van der Waals surface area contributed by atoms with Crippen LogP contribution in [0.1, 0.15) is 32.1 Å². The van der Waals surface area contributed by atoms with Crippen molar-refractivity contribution in [1.29, 1.82) is 0 Å². The van der Waals surface area contributed by atoms with Gasteiger partial charge >= 0.3 is 0 Å². The van der Waals surface area contributed by atoms with E-state index in [1.54, 1.807) is 4.90 Å². The first-order chi connectivity index (χ1) is 10.3. The van der Waals surface area contributed by atoms with Crippen molar-refractivity contribution in [2.45, 2.75) is 56.3 Å². The fourth-order valence-electron chi connectivity index (χ4n) is 3.25. The van der Waals surface area contributed by atoms with Crippen LogP contribution in [0.25, 0.3) is 0 Å². The molecule has 0 aromatic carbocycles. The lowest BCUT2D eigenvalue weighted by molar-refractivity contribution is -0.139. The lowest BCUT2D eigenvalue weighted by atomic mass is 10.0. The summed E-state index contributed by atoms with van der Waals surface area (Å²) in [5.74, 6) is -2.98. The molecular weight excluding hydrogens is 296 g/mol. The van der Waals surface area contributed by atoms with Crippen LogP contribution in [0.5, 0.6) is 0 Å². The molecule has 2 rings (SSSR count). The molecule has 0 radical (unpaired) electrons. The van der Waals surface area contributed by atoms with Crippen LogP contribution < -0.4 is 5.73 Å². The molecule has 0 saturated carbocycles. The molecule has 3 atom stereocenters. The Morgan fingerprint density at radius 1 is 1.41 bits per heavy atom. The zero-order valence-electron chi connectivity index (χ0n) is 12.6. The molecule has 8 heteroatoms. The van der Waals surface area contributed by atoms with Crippen molar-refractivity contribution >= 4 is 5.91 Å². The average Bonchev–Trinajstić information content (AvgIpc) is 2.91. The van der Waals surface area contributed by atoms with Crippen LogP contribution in [-0.2, 0) is 4.79 Å². The van der Waals surface area contributed by atoms with Gasteiger partial charge in [0.2, 0.25) is 5.91 Å². The van der Waals surface area contributed by atoms with E-state index in [2.05, 4.69) is 0 Å². The number of nitrogens with zero attached hydrogens (tertiary/aromatic N) is 2. The number of aliphatic hydroxyl groups is 2. The van der Waals surface area contributed by atoms with Gasteiger partial charge in [0.25, 0.3) is 5.92 Å². The molecule has 2 aliphatic rings. The van der Waals surface area contributed by atoms with E-state index in [-0.39, 0.29) is 44.4 Å². The molecule has 128 valence electrons. The van der Waals surface area contributed by atoms with Crippen LogP contribution in [0.3, 0.4) is 0 Å². The Morgan fingerprint density at radius 2 is 2.14 bits per heavy atom. The van der Waals surface area contributed by atoms with E-state index >= 15 is 0 Å². The number of piperidine rings is 1. The Labute approximate surface area is 128 Å². The molecule has 2 heterocycles. The van der Waals surface area contributed by atoms with Crippen molar-refractivity contribution < 1.29 is 23.8 Å². The zero-order valence-corrected chi connectivity index (χ0v) is 12.6. The van der Waals surface area contributed by atoms with Crippen molar-refractivity contribution in [1.82, 2.24) is 9.80 Å². The van der Waals surface area contributed by atoms with E-state index in [9.17, 15) is 23.8 Å². The van der Waals surface area contributed by atoms with Gasteiger partial charge in [-0.2, -0.15) is 0 Å². The number of aliphatic hydroxyl groups excluding tert-OH is 2. The van der Waals surface area contributed by atoms with Crippen LogP contribution in [0.2, 0.25) is 0 Å². The van der Waals surface area contributed by atoms with Gasteiger partial charge in [-0.1, -0.05) is 0 Å². The van der Waals surface area contributed by atoms with Gasteiger partial charge in [0.1, 0.15) is 6.23 Å². The lowest BCUT2D eigenvalue weighted by Crippen LogP contribution is -2.53. The van der Waals surface area contributed by atoms with Gasteiger partial charge in [-0.25, -0.2) is 8.78 Å². The van der Waals surface area contributed by atoms with Gasteiger partial charge < -0.3 is 20.8 Å². The Balaban J connectivity index is 1.84. The molecule has 2 aliphatic heterocycles. The van der Waals surface area contributed by atoms with E-state index in [0.717, 1.165) is 12.8 Å². The fraction of sp³-hybridized carbons (Fsp3) is 0.929. The van der Waals surface area contributed by atoms with Crippen LogP contribution in [0.15, 0.2) is 0 Å². The third-order valence-electron chi connectivity index (χ3n) is 4.44. The van der Waals surface area contributed by atoms with Gasteiger partial charge in [0.15, 0.2) is 0 Å². The van der Waals surface area contributed by atoms with E-state index < -0.39 is 24.7 Å². The second-order valence-electron chi connectivity index (χ2n) is 6.33. The van der Waals surface area contributed by atoms with Crippen LogP contribution in [-0.4, -0.2) is 76.4 Å². The Hall–Kier alpha value is -0.830. The highest BCUT2D eigenvalue weighted by Gasteiger charge is 2.40. The quantitative estimate of drug-likeness (QED) is 0.649. The number of halogens is 2. The number of hydrogen-bond donors (Lipinski definition) is 3. The number of carbonyl (C=O) groups excluding carboxylic acids is 1. The van der Waals surface area contributed by atoms with Crippen molar-refractivity contribution in [2.24, 2.45) is 5.73 Å². The third kappa shape index (κ3) is 4.34. The fourth-order valence-corrected chi connectivity index (χ4v) is 3.25. The Kier molecular flexibility index (Phi) is 5.70. The maximum Gasteiger partial charge on any atom is 0.260 e. The highest BCUT2D eigenvalue weighted by atomic mass is 19.3. The molecular formula is C14H25F2N3O3. The van der Waals surface area contributed by atoms with Gasteiger partial charge in [0, 0.05) is 32.0 Å². The summed E-state index contributed by atoms with van der Waals surface area (Å²) >= 11 is 0. The topological polar surface area (TPSA) is 90.0 Å². The van der Waals surface area contributed by atoms with Gasteiger partial charge in [-0.05, 0) is 19.3 Å². The number of nitrogens with two attached hydrogens (primary N) is 1. The second-order valence-corrected chi connectivity index (χ2v) is 6.33. The molecule has 22 heavy (non-hydrogen) atoms. The molecule has 0 aromatic rings. The largest absolute Gasteiger partial charge is 0.394 e. The molecule has 0 spiro atoms. The van der Waals surface area contributed by atoms with Crippen LogP contribution >= 0.6 is 0 Å². The molecule has 0 aromatic heterocycles. The third-order valence-corrected chi connectivity index (χ3v) is 4.44. The number of alkyl halides is 2. The maximum absolute atomic E-state index is 13.4. The summed E-state index contributed by atoms with van der Waals surface area (Å²) in [4.78, 5) is 15.0. The van der Waals surface area contributed by atoms with Crippen molar-refractivity contribution in [3.8, 4) is 0 Å². The number of rotatable bonds is 5. The lowest BCUT2D eigenvalue weighted by Gasteiger charge is -2.38. The molecule has 0 bridgehead atoms. The standard InChI is InChI=1S/C14H25F2N3O3/c15-14(16)4-3-12(21)18(9-14)7-10(17)6-13(22)19-5-1-2-11(19)8-20/h10-12,20-21H,1-9,17H2/t10-,11-,12?/m0/s1. The first-order valence-corrected chi connectivity index (χ1v) is 7.78. The number of amides is 1. The molecule has 2 saturated heterocycles. The molecule has 0 aliphatic carbocycles. The van der Waals surface area contributed by atoms with Gasteiger partial charge in [-0.3, -0.25) is 9.69 Å². The van der Waals surface area contributed by atoms with Gasteiger partial charge in [-0.15, -0.1) is 0 Å². The van der Waals surface area contributed by atoms with E-state index in [0.29, 0.717) is 6.54 Å². The second kappa shape index (κ2) is 7.16. The SMILES string of the molecule is N[C@@H](CC(=O)N1CCC[C@H]1CO)CN1CC(F)(F)CCC1O. The van der Waals surface area contributed by atoms with Crippen LogP contribution in [0.4, 0.5) is 8.78 Å². The number of likely N-dealkylation sites (tertiary alicyclic amines) is 2. The summed E-state index contributed by atoms with van der Waals surface area (Å²) in [5.41, 5.74) is 5.90. The summed E-state index contributed by atoms with van der Waals surface area (Å²) in [7, 11) is 0. The molecule has 4 N–H and O–H groups in total. The smallest absolute Gasteiger partial charge is 0.260 e. The summed E-state index contributed by atoms with van der Waals surface area (Å²) < 4.78 is 26.8. The Bertz CT molecular complexity index is 398. The molecule has 1 unspecified atom stereocenters. The summed E-state index contributed by atoms with van der Waals surface area (Å²) in [5, 5.41) is 19.0. The predicted octanol–water partition coefficient (Wildman–Crippen LogP) is -0.263. The minimum atomic E-state index is -2.82. The number of hydrogen-bond acceptors (Lipinski definition) is 5. The summed E-state index contributed by atoms with van der Waals surface area (Å²) in [6.45, 7) is 0.0540. The van der Waals surface area contributed by atoms with E-state index in [1.165, 1.54) is 4.90 Å².